The maximum atomic E-state index is 12.3. The Bertz CT molecular complexity index is 857. The Kier molecular flexibility index (Phi) is 5.88. The summed E-state index contributed by atoms with van der Waals surface area (Å²) in [6.45, 7) is 0. The molecular formula is C19H22N2O3S2. The van der Waals surface area contributed by atoms with Gasteiger partial charge in [-0.15, -0.1) is 11.8 Å². The molecule has 0 unspecified atom stereocenters. The van der Waals surface area contributed by atoms with Gasteiger partial charge >= 0.3 is 0 Å². The fourth-order valence-electron chi connectivity index (χ4n) is 2.92. The largest absolute Gasteiger partial charge is 0.322 e. The van der Waals surface area contributed by atoms with Gasteiger partial charge in [-0.05, 0) is 61.4 Å². The molecule has 0 aliphatic heterocycles. The third kappa shape index (κ3) is 5.51. The lowest BCUT2D eigenvalue weighted by Gasteiger charge is -2.10. The first kappa shape index (κ1) is 18.8. The summed E-state index contributed by atoms with van der Waals surface area (Å²) in [5.74, 6) is -0.230. The fourth-order valence-corrected chi connectivity index (χ4v) is 4.73. The van der Waals surface area contributed by atoms with E-state index in [1.807, 2.05) is 36.0 Å². The van der Waals surface area contributed by atoms with Gasteiger partial charge in [-0.1, -0.05) is 12.8 Å². The molecule has 0 saturated heterocycles. The van der Waals surface area contributed by atoms with Crippen molar-refractivity contribution in [3.05, 3.63) is 54.1 Å². The lowest BCUT2D eigenvalue weighted by atomic mass is 10.2. The maximum absolute atomic E-state index is 12.3. The Balaban J connectivity index is 1.58. The molecule has 2 N–H and O–H groups in total. The van der Waals surface area contributed by atoms with E-state index < -0.39 is 10.0 Å². The summed E-state index contributed by atoms with van der Waals surface area (Å²) in [6.07, 6.45) is 6.30. The van der Waals surface area contributed by atoms with Crippen molar-refractivity contribution < 1.29 is 13.2 Å². The van der Waals surface area contributed by atoms with Crippen molar-refractivity contribution in [2.45, 2.75) is 35.8 Å². The van der Waals surface area contributed by atoms with E-state index in [2.05, 4.69) is 10.0 Å². The van der Waals surface area contributed by atoms with Gasteiger partial charge in [-0.2, -0.15) is 0 Å². The summed E-state index contributed by atoms with van der Waals surface area (Å²) in [6, 6.07) is 14.2. The number of carbonyl (C=O) groups excluding carboxylic acids is 1. The van der Waals surface area contributed by atoms with Gasteiger partial charge in [0.05, 0.1) is 6.26 Å². The number of carbonyl (C=O) groups is 1. The third-order valence-electron chi connectivity index (χ3n) is 4.17. The molecule has 2 aromatic carbocycles. The predicted octanol–water partition coefficient (Wildman–Crippen LogP) is 4.35. The number of hydrogen-bond donors (Lipinski definition) is 2. The Morgan fingerprint density at radius 1 is 0.962 bits per heavy atom. The van der Waals surface area contributed by atoms with E-state index in [0.29, 0.717) is 11.3 Å². The number of benzene rings is 2. The molecule has 3 rings (SSSR count). The zero-order chi connectivity index (χ0) is 18.6. The van der Waals surface area contributed by atoms with Crippen LogP contribution in [0.15, 0.2) is 53.4 Å². The van der Waals surface area contributed by atoms with Gasteiger partial charge in [0.15, 0.2) is 0 Å². The molecule has 2 aromatic rings. The van der Waals surface area contributed by atoms with E-state index in [4.69, 9.17) is 0 Å². The van der Waals surface area contributed by atoms with Crippen LogP contribution in [0.2, 0.25) is 0 Å². The zero-order valence-corrected chi connectivity index (χ0v) is 16.2. The van der Waals surface area contributed by atoms with Crippen LogP contribution in [0.25, 0.3) is 0 Å². The quantitative estimate of drug-likeness (QED) is 0.769. The second kappa shape index (κ2) is 8.14. The molecule has 138 valence electrons. The molecule has 0 radical (unpaired) electrons. The van der Waals surface area contributed by atoms with Gasteiger partial charge in [-0.3, -0.25) is 9.52 Å². The molecule has 0 bridgehead atoms. The summed E-state index contributed by atoms with van der Waals surface area (Å²) >= 11 is 1.91. The SMILES string of the molecule is CS(=O)(=O)Nc1ccc(C(=O)Nc2ccc(SC3CCCC3)cc2)cc1. The van der Waals surface area contributed by atoms with Crippen LogP contribution in [0.4, 0.5) is 11.4 Å². The highest BCUT2D eigenvalue weighted by atomic mass is 32.2. The molecule has 0 spiro atoms. The van der Waals surface area contributed by atoms with Crippen molar-refractivity contribution in [2.24, 2.45) is 0 Å². The second-order valence-electron chi connectivity index (χ2n) is 6.45. The molecule has 7 heteroatoms. The van der Waals surface area contributed by atoms with Crippen LogP contribution in [-0.2, 0) is 10.0 Å². The van der Waals surface area contributed by atoms with Crippen LogP contribution >= 0.6 is 11.8 Å². The summed E-state index contributed by atoms with van der Waals surface area (Å²) in [7, 11) is -3.32. The number of rotatable bonds is 6. The van der Waals surface area contributed by atoms with Gasteiger partial charge in [0, 0.05) is 27.1 Å². The van der Waals surface area contributed by atoms with Gasteiger partial charge in [0.1, 0.15) is 0 Å². The third-order valence-corrected chi connectivity index (χ3v) is 6.12. The van der Waals surface area contributed by atoms with Gasteiger partial charge < -0.3 is 5.32 Å². The first-order valence-electron chi connectivity index (χ1n) is 8.55. The molecule has 0 atom stereocenters. The Morgan fingerprint density at radius 3 is 2.12 bits per heavy atom. The summed E-state index contributed by atoms with van der Waals surface area (Å²) in [5, 5.41) is 3.58. The minimum absolute atomic E-state index is 0.230. The lowest BCUT2D eigenvalue weighted by molar-refractivity contribution is 0.102. The van der Waals surface area contributed by atoms with Crippen LogP contribution in [0.3, 0.4) is 0 Å². The Hall–Kier alpha value is -1.99. The number of thioether (sulfide) groups is 1. The molecule has 26 heavy (non-hydrogen) atoms. The van der Waals surface area contributed by atoms with Crippen molar-refractivity contribution in [1.29, 1.82) is 0 Å². The number of amides is 1. The predicted molar refractivity (Wildman–Crippen MR) is 107 cm³/mol. The topological polar surface area (TPSA) is 75.3 Å². The number of sulfonamides is 1. The highest BCUT2D eigenvalue weighted by Gasteiger charge is 2.16. The highest BCUT2D eigenvalue weighted by Crippen LogP contribution is 2.34. The standard InChI is InChI=1S/C19H22N2O3S2/c1-26(23,24)21-16-8-6-14(7-9-16)19(22)20-15-10-12-18(13-11-15)25-17-4-2-3-5-17/h6-13,17,21H,2-5H2,1H3,(H,20,22). The monoisotopic (exact) mass is 390 g/mol. The van der Waals surface area contributed by atoms with Crippen molar-refractivity contribution in [1.82, 2.24) is 0 Å². The summed E-state index contributed by atoms with van der Waals surface area (Å²) in [4.78, 5) is 13.5. The molecule has 5 nitrogen and oxygen atoms in total. The number of anilines is 2. The first-order valence-corrected chi connectivity index (χ1v) is 11.3. The first-order chi connectivity index (χ1) is 12.4. The summed E-state index contributed by atoms with van der Waals surface area (Å²) < 4.78 is 24.8. The van der Waals surface area contributed by atoms with Gasteiger partial charge in [0.2, 0.25) is 10.0 Å². The van der Waals surface area contributed by atoms with E-state index in [1.54, 1.807) is 24.3 Å². The number of hydrogen-bond acceptors (Lipinski definition) is 4. The van der Waals surface area contributed by atoms with E-state index >= 15 is 0 Å². The Labute approximate surface area is 158 Å². The van der Waals surface area contributed by atoms with Crippen LogP contribution in [0, 0.1) is 0 Å². The smallest absolute Gasteiger partial charge is 0.255 e. The maximum Gasteiger partial charge on any atom is 0.255 e. The molecular weight excluding hydrogens is 368 g/mol. The van der Waals surface area contributed by atoms with E-state index in [1.165, 1.54) is 30.6 Å². The van der Waals surface area contributed by atoms with Crippen molar-refractivity contribution in [3.63, 3.8) is 0 Å². The average Bonchev–Trinajstić information content (AvgIpc) is 3.09. The van der Waals surface area contributed by atoms with Crippen LogP contribution in [0.5, 0.6) is 0 Å². The normalized spacial score (nSPS) is 15.0. The minimum atomic E-state index is -3.32. The van der Waals surface area contributed by atoms with Crippen molar-refractivity contribution in [3.8, 4) is 0 Å². The summed E-state index contributed by atoms with van der Waals surface area (Å²) in [5.41, 5.74) is 1.63. The van der Waals surface area contributed by atoms with Gasteiger partial charge in [0.25, 0.3) is 5.91 Å². The van der Waals surface area contributed by atoms with E-state index in [-0.39, 0.29) is 5.91 Å². The molecule has 1 saturated carbocycles. The van der Waals surface area contributed by atoms with Crippen LogP contribution in [0.1, 0.15) is 36.0 Å². The Morgan fingerprint density at radius 2 is 1.54 bits per heavy atom. The second-order valence-corrected chi connectivity index (χ2v) is 9.58. The molecule has 0 heterocycles. The highest BCUT2D eigenvalue weighted by molar-refractivity contribution is 8.00. The molecule has 1 aliphatic carbocycles. The number of nitrogens with one attached hydrogen (secondary N) is 2. The van der Waals surface area contributed by atoms with E-state index in [0.717, 1.165) is 17.2 Å². The van der Waals surface area contributed by atoms with Crippen LogP contribution in [-0.4, -0.2) is 25.8 Å². The van der Waals surface area contributed by atoms with Crippen molar-refractivity contribution >= 4 is 39.1 Å². The molecule has 0 aromatic heterocycles. The van der Waals surface area contributed by atoms with Crippen LogP contribution < -0.4 is 10.0 Å². The average molecular weight is 391 g/mol. The molecule has 1 fully saturated rings. The zero-order valence-electron chi connectivity index (χ0n) is 14.6. The molecule has 1 aliphatic rings. The fraction of sp³-hybridized carbons (Fsp3) is 0.316. The van der Waals surface area contributed by atoms with E-state index in [9.17, 15) is 13.2 Å². The van der Waals surface area contributed by atoms with Crippen molar-refractivity contribution in [2.75, 3.05) is 16.3 Å². The lowest BCUT2D eigenvalue weighted by Crippen LogP contribution is -2.13. The van der Waals surface area contributed by atoms with Gasteiger partial charge in [-0.25, -0.2) is 8.42 Å². The molecule has 1 amide bonds. The minimum Gasteiger partial charge on any atom is -0.322 e.